The van der Waals surface area contributed by atoms with Crippen molar-refractivity contribution in [2.75, 3.05) is 6.61 Å². The Labute approximate surface area is 100 Å². The first-order chi connectivity index (χ1) is 8.25. The largest absolute Gasteiger partial charge is 0.343 e. The minimum absolute atomic E-state index is 0.00704. The fourth-order valence-electron chi connectivity index (χ4n) is 2.43. The minimum atomic E-state index is -0.667. The predicted octanol–water partition coefficient (Wildman–Crippen LogP) is 2.03. The Morgan fingerprint density at radius 3 is 2.82 bits per heavy atom. The molecule has 0 aromatic heterocycles. The van der Waals surface area contributed by atoms with Gasteiger partial charge in [0.2, 0.25) is 6.29 Å². The molecule has 2 aliphatic rings. The molecule has 1 aromatic carbocycles. The highest BCUT2D eigenvalue weighted by Gasteiger charge is 2.44. The van der Waals surface area contributed by atoms with Crippen molar-refractivity contribution in [1.82, 2.24) is 0 Å². The molecular formula is C14H14O3. The van der Waals surface area contributed by atoms with Crippen LogP contribution in [0.15, 0.2) is 36.9 Å². The number of fused-ring (bicyclic) bond motifs is 2. The van der Waals surface area contributed by atoms with Crippen LogP contribution in [0.3, 0.4) is 0 Å². The van der Waals surface area contributed by atoms with E-state index in [4.69, 9.17) is 9.47 Å². The van der Waals surface area contributed by atoms with Gasteiger partial charge < -0.3 is 9.47 Å². The highest BCUT2D eigenvalue weighted by atomic mass is 16.7. The van der Waals surface area contributed by atoms with Crippen molar-refractivity contribution in [1.29, 1.82) is 0 Å². The topological polar surface area (TPSA) is 35.5 Å². The summed E-state index contributed by atoms with van der Waals surface area (Å²) >= 11 is 0. The molecule has 0 unspecified atom stereocenters. The Balaban J connectivity index is 1.85. The van der Waals surface area contributed by atoms with Crippen LogP contribution >= 0.6 is 0 Å². The maximum Gasteiger partial charge on any atom is 0.218 e. The summed E-state index contributed by atoms with van der Waals surface area (Å²) in [5.41, 5.74) is 1.89. The van der Waals surface area contributed by atoms with E-state index in [-0.39, 0.29) is 17.8 Å². The lowest BCUT2D eigenvalue weighted by Crippen LogP contribution is -2.36. The highest BCUT2D eigenvalue weighted by molar-refractivity contribution is 5.95. The van der Waals surface area contributed by atoms with Gasteiger partial charge in [-0.15, -0.1) is 0 Å². The quantitative estimate of drug-likeness (QED) is 0.779. The summed E-state index contributed by atoms with van der Waals surface area (Å²) in [7, 11) is 0. The lowest BCUT2D eigenvalue weighted by Gasteiger charge is -2.26. The van der Waals surface area contributed by atoms with Crippen molar-refractivity contribution in [3.8, 4) is 0 Å². The second-order valence-corrected chi connectivity index (χ2v) is 4.51. The van der Waals surface area contributed by atoms with E-state index in [1.165, 1.54) is 0 Å². The van der Waals surface area contributed by atoms with E-state index in [9.17, 15) is 4.79 Å². The van der Waals surface area contributed by atoms with Crippen molar-refractivity contribution in [2.45, 2.75) is 18.8 Å². The molecule has 0 radical (unpaired) electrons. The summed E-state index contributed by atoms with van der Waals surface area (Å²) in [6.45, 7) is 4.59. The van der Waals surface area contributed by atoms with E-state index in [0.29, 0.717) is 13.0 Å². The SMILES string of the molecule is C=C(c1ccccc1)[C@@H]1C[C@H]2CO[C@H](O2)C1=O. The van der Waals surface area contributed by atoms with Crippen LogP contribution in [-0.4, -0.2) is 24.8 Å². The van der Waals surface area contributed by atoms with Crippen LogP contribution in [0.25, 0.3) is 5.57 Å². The van der Waals surface area contributed by atoms with Gasteiger partial charge in [-0.2, -0.15) is 0 Å². The van der Waals surface area contributed by atoms with Crippen molar-refractivity contribution in [3.63, 3.8) is 0 Å². The number of carbonyl (C=O) groups excluding carboxylic acids is 1. The second kappa shape index (κ2) is 4.09. The summed E-state index contributed by atoms with van der Waals surface area (Å²) in [6.07, 6.45) is 0.0608. The lowest BCUT2D eigenvalue weighted by atomic mass is 9.85. The monoisotopic (exact) mass is 230 g/mol. The summed E-state index contributed by atoms with van der Waals surface area (Å²) in [5.74, 6) is -0.156. The number of hydrogen-bond donors (Lipinski definition) is 0. The van der Waals surface area contributed by atoms with Gasteiger partial charge in [0.05, 0.1) is 18.6 Å². The molecule has 0 amide bonds. The zero-order chi connectivity index (χ0) is 11.8. The minimum Gasteiger partial charge on any atom is -0.343 e. The Morgan fingerprint density at radius 2 is 2.06 bits per heavy atom. The highest BCUT2D eigenvalue weighted by Crippen LogP contribution is 2.35. The van der Waals surface area contributed by atoms with E-state index in [1.54, 1.807) is 0 Å². The van der Waals surface area contributed by atoms with Gasteiger partial charge in [-0.3, -0.25) is 4.79 Å². The summed E-state index contributed by atoms with van der Waals surface area (Å²) in [6, 6.07) is 9.82. The number of hydrogen-bond acceptors (Lipinski definition) is 3. The molecule has 3 rings (SSSR count). The molecule has 88 valence electrons. The number of benzene rings is 1. The Hall–Kier alpha value is -1.45. The Bertz CT molecular complexity index is 452. The number of ether oxygens (including phenoxy) is 2. The average molecular weight is 230 g/mol. The zero-order valence-electron chi connectivity index (χ0n) is 9.46. The van der Waals surface area contributed by atoms with E-state index in [2.05, 4.69) is 6.58 Å². The van der Waals surface area contributed by atoms with Crippen molar-refractivity contribution >= 4 is 11.4 Å². The zero-order valence-corrected chi connectivity index (χ0v) is 9.46. The average Bonchev–Trinajstić information content (AvgIpc) is 2.78. The first kappa shape index (κ1) is 10.7. The molecule has 2 saturated heterocycles. The molecule has 3 heteroatoms. The number of rotatable bonds is 2. The van der Waals surface area contributed by atoms with Crippen molar-refractivity contribution in [3.05, 3.63) is 42.5 Å². The van der Waals surface area contributed by atoms with E-state index in [1.807, 2.05) is 30.3 Å². The van der Waals surface area contributed by atoms with Gasteiger partial charge in [0.15, 0.2) is 5.78 Å². The molecule has 1 aromatic rings. The van der Waals surface area contributed by atoms with Gasteiger partial charge >= 0.3 is 0 Å². The third kappa shape index (κ3) is 1.81. The number of allylic oxidation sites excluding steroid dienone is 1. The van der Waals surface area contributed by atoms with Crippen LogP contribution < -0.4 is 0 Å². The van der Waals surface area contributed by atoms with E-state index < -0.39 is 6.29 Å². The fourth-order valence-corrected chi connectivity index (χ4v) is 2.43. The molecule has 17 heavy (non-hydrogen) atoms. The summed E-state index contributed by atoms with van der Waals surface area (Å²) in [5, 5.41) is 0. The molecule has 0 aliphatic carbocycles. The summed E-state index contributed by atoms with van der Waals surface area (Å²) < 4.78 is 10.7. The van der Waals surface area contributed by atoms with E-state index in [0.717, 1.165) is 11.1 Å². The van der Waals surface area contributed by atoms with E-state index >= 15 is 0 Å². The van der Waals surface area contributed by atoms with Crippen molar-refractivity contribution < 1.29 is 14.3 Å². The predicted molar refractivity (Wildman–Crippen MR) is 63.2 cm³/mol. The van der Waals surface area contributed by atoms with Crippen molar-refractivity contribution in [2.24, 2.45) is 5.92 Å². The number of ketones is 1. The summed E-state index contributed by atoms with van der Waals surface area (Å²) in [4.78, 5) is 12.1. The van der Waals surface area contributed by atoms with Gasteiger partial charge in [0, 0.05) is 0 Å². The smallest absolute Gasteiger partial charge is 0.218 e. The second-order valence-electron chi connectivity index (χ2n) is 4.51. The Kier molecular flexibility index (Phi) is 2.57. The number of carbonyl (C=O) groups is 1. The molecule has 2 bridgehead atoms. The van der Waals surface area contributed by atoms with Crippen LogP contribution in [0.2, 0.25) is 0 Å². The molecule has 0 spiro atoms. The maximum atomic E-state index is 12.1. The Morgan fingerprint density at radius 1 is 1.29 bits per heavy atom. The molecule has 3 nitrogen and oxygen atoms in total. The fraction of sp³-hybridized carbons (Fsp3) is 0.357. The molecule has 2 fully saturated rings. The maximum absolute atomic E-state index is 12.1. The first-order valence-corrected chi connectivity index (χ1v) is 5.80. The lowest BCUT2D eigenvalue weighted by molar-refractivity contribution is -0.156. The van der Waals surface area contributed by atoms with Crippen LogP contribution in [0.4, 0.5) is 0 Å². The van der Waals surface area contributed by atoms with Crippen LogP contribution in [0.1, 0.15) is 12.0 Å². The standard InChI is InChI=1S/C14H14O3/c1-9(10-5-3-2-4-6-10)12-7-11-8-16-14(17-11)13(12)15/h2-6,11-12,14H,1,7-8H2/t11-,12-,14+/m0/s1. The first-order valence-electron chi connectivity index (χ1n) is 5.80. The molecule has 2 heterocycles. The molecule has 0 N–H and O–H groups in total. The van der Waals surface area contributed by atoms with Crippen LogP contribution in [0, 0.1) is 5.92 Å². The van der Waals surface area contributed by atoms with Crippen LogP contribution in [-0.2, 0) is 14.3 Å². The van der Waals surface area contributed by atoms with Gasteiger partial charge in [-0.05, 0) is 17.6 Å². The normalized spacial score (nSPS) is 31.5. The van der Waals surface area contributed by atoms with Gasteiger partial charge in [-0.1, -0.05) is 36.9 Å². The molecular weight excluding hydrogens is 216 g/mol. The van der Waals surface area contributed by atoms with Gasteiger partial charge in [-0.25, -0.2) is 0 Å². The third-order valence-electron chi connectivity index (χ3n) is 3.39. The molecule has 3 atom stereocenters. The van der Waals surface area contributed by atoms with Crippen LogP contribution in [0.5, 0.6) is 0 Å². The molecule has 2 aliphatic heterocycles. The van der Waals surface area contributed by atoms with Gasteiger partial charge in [0.25, 0.3) is 0 Å². The van der Waals surface area contributed by atoms with Gasteiger partial charge in [0.1, 0.15) is 0 Å². The number of Topliss-reactive ketones (excluding diaryl/α,β-unsaturated/α-hetero) is 1. The molecule has 0 saturated carbocycles. The third-order valence-corrected chi connectivity index (χ3v) is 3.39.